The zero-order valence-electron chi connectivity index (χ0n) is 13.3. The van der Waals surface area contributed by atoms with E-state index in [1.54, 1.807) is 24.3 Å². The highest BCUT2D eigenvalue weighted by Gasteiger charge is 2.26. The predicted molar refractivity (Wildman–Crippen MR) is 99.9 cm³/mol. The maximum atomic E-state index is 14.6. The van der Waals surface area contributed by atoms with Gasteiger partial charge in [-0.3, -0.25) is 0 Å². The molecule has 128 valence electrons. The van der Waals surface area contributed by atoms with Gasteiger partial charge in [0.05, 0.1) is 5.69 Å². The van der Waals surface area contributed by atoms with Crippen molar-refractivity contribution >= 4 is 31.9 Å². The lowest BCUT2D eigenvalue weighted by Gasteiger charge is -2.30. The Bertz CT molecular complexity index is 780. The summed E-state index contributed by atoms with van der Waals surface area (Å²) < 4.78 is 33.0. The molecular weight excluding hydrogens is 391 g/mol. The summed E-state index contributed by atoms with van der Waals surface area (Å²) in [7, 11) is -3.85. The summed E-state index contributed by atoms with van der Waals surface area (Å²) in [4.78, 5) is 0. The third-order valence-electron chi connectivity index (χ3n) is 4.30. The van der Waals surface area contributed by atoms with E-state index in [0.717, 1.165) is 23.7 Å². The van der Waals surface area contributed by atoms with Crippen LogP contribution in [0.1, 0.15) is 18.4 Å². The Morgan fingerprint density at radius 1 is 1.08 bits per heavy atom. The Kier molecular flexibility index (Phi) is 5.69. The summed E-state index contributed by atoms with van der Waals surface area (Å²) in [6.45, 7) is 0.958. The van der Waals surface area contributed by atoms with E-state index in [0.29, 0.717) is 24.7 Å². The fraction of sp³-hybridized carbons (Fsp3) is 0.333. The van der Waals surface area contributed by atoms with Gasteiger partial charge in [0.1, 0.15) is 0 Å². The van der Waals surface area contributed by atoms with Crippen molar-refractivity contribution in [2.75, 3.05) is 13.1 Å². The van der Waals surface area contributed by atoms with Crippen molar-refractivity contribution in [3.8, 4) is 0 Å². The van der Waals surface area contributed by atoms with Crippen LogP contribution in [-0.2, 0) is 16.7 Å². The number of piperidine rings is 1. The predicted octanol–water partition coefficient (Wildman–Crippen LogP) is 5.30. The molecule has 0 saturated carbocycles. The third kappa shape index (κ3) is 4.65. The SMILES string of the molecule is O=S(F)(=Nc1ccc(Br)cc1)N1CCC(Cc2ccccc2)CC1. The second-order valence-corrected chi connectivity index (χ2v) is 8.54. The maximum Gasteiger partial charge on any atom is 0.275 e. The van der Waals surface area contributed by atoms with Gasteiger partial charge in [0, 0.05) is 17.6 Å². The van der Waals surface area contributed by atoms with Crippen LogP contribution in [0.15, 0.2) is 63.4 Å². The van der Waals surface area contributed by atoms with E-state index in [9.17, 15) is 8.09 Å². The first-order valence-corrected chi connectivity index (χ1v) is 10.2. The van der Waals surface area contributed by atoms with Crippen LogP contribution in [0.5, 0.6) is 0 Å². The van der Waals surface area contributed by atoms with Gasteiger partial charge in [-0.2, -0.15) is 12.9 Å². The molecule has 0 aliphatic carbocycles. The molecule has 0 aromatic heterocycles. The highest BCUT2D eigenvalue weighted by Crippen LogP contribution is 2.27. The average molecular weight is 411 g/mol. The molecule has 1 saturated heterocycles. The van der Waals surface area contributed by atoms with Crippen LogP contribution >= 0.6 is 15.9 Å². The van der Waals surface area contributed by atoms with Crippen molar-refractivity contribution in [2.45, 2.75) is 19.3 Å². The lowest BCUT2D eigenvalue weighted by atomic mass is 9.91. The third-order valence-corrected chi connectivity index (χ3v) is 6.27. The second-order valence-electron chi connectivity index (χ2n) is 6.06. The van der Waals surface area contributed by atoms with Gasteiger partial charge < -0.3 is 0 Å². The second kappa shape index (κ2) is 7.76. The molecule has 1 atom stereocenters. The van der Waals surface area contributed by atoms with Crippen molar-refractivity contribution in [2.24, 2.45) is 10.3 Å². The molecule has 0 N–H and O–H groups in total. The highest BCUT2D eigenvalue weighted by molar-refractivity contribution is 9.10. The van der Waals surface area contributed by atoms with Crippen molar-refractivity contribution in [3.05, 3.63) is 64.6 Å². The molecule has 0 radical (unpaired) electrons. The molecule has 1 fully saturated rings. The summed E-state index contributed by atoms with van der Waals surface area (Å²) in [6, 6.07) is 17.2. The van der Waals surface area contributed by atoms with Gasteiger partial charge in [0.25, 0.3) is 10.3 Å². The van der Waals surface area contributed by atoms with Gasteiger partial charge in [-0.05, 0) is 55.0 Å². The van der Waals surface area contributed by atoms with Crippen molar-refractivity contribution in [1.29, 1.82) is 0 Å². The Hall–Kier alpha value is -1.24. The van der Waals surface area contributed by atoms with E-state index < -0.39 is 10.3 Å². The van der Waals surface area contributed by atoms with Crippen LogP contribution < -0.4 is 0 Å². The fourth-order valence-corrected chi connectivity index (χ4v) is 4.40. The molecule has 2 aromatic rings. The van der Waals surface area contributed by atoms with Gasteiger partial charge in [-0.15, -0.1) is 3.89 Å². The van der Waals surface area contributed by atoms with Gasteiger partial charge in [0.2, 0.25) is 0 Å². The molecule has 3 nitrogen and oxygen atoms in total. The molecule has 24 heavy (non-hydrogen) atoms. The van der Waals surface area contributed by atoms with Crippen LogP contribution in [0.25, 0.3) is 0 Å². The first-order valence-electron chi connectivity index (χ1n) is 8.04. The quantitative estimate of drug-likeness (QED) is 0.629. The van der Waals surface area contributed by atoms with E-state index in [1.807, 2.05) is 18.2 Å². The van der Waals surface area contributed by atoms with E-state index in [-0.39, 0.29) is 0 Å². The summed E-state index contributed by atoms with van der Waals surface area (Å²) in [5.74, 6) is 0.506. The first kappa shape index (κ1) is 17.6. The molecule has 0 amide bonds. The Balaban J connectivity index is 1.63. The standard InChI is InChI=1S/C18H20BrFN2OS/c19-17-6-8-18(9-7-17)21-24(20,23)22-12-10-16(11-13-22)14-15-4-2-1-3-5-15/h1-9,16H,10-14H2. The topological polar surface area (TPSA) is 32.7 Å². The van der Waals surface area contributed by atoms with Gasteiger partial charge in [0.15, 0.2) is 0 Å². The Morgan fingerprint density at radius 2 is 1.71 bits per heavy atom. The molecule has 2 aromatic carbocycles. The molecule has 1 aliphatic heterocycles. The molecule has 0 spiro atoms. The minimum absolute atomic E-state index is 0.400. The molecule has 6 heteroatoms. The average Bonchev–Trinajstić information content (AvgIpc) is 2.58. The van der Waals surface area contributed by atoms with E-state index in [1.165, 1.54) is 9.87 Å². The number of rotatable bonds is 4. The van der Waals surface area contributed by atoms with Crippen LogP contribution in [0.4, 0.5) is 9.57 Å². The van der Waals surface area contributed by atoms with Gasteiger partial charge in [-0.1, -0.05) is 46.3 Å². The van der Waals surface area contributed by atoms with E-state index >= 15 is 0 Å². The van der Waals surface area contributed by atoms with Gasteiger partial charge in [-0.25, -0.2) is 0 Å². The van der Waals surface area contributed by atoms with Crippen LogP contribution in [0, 0.1) is 5.92 Å². The largest absolute Gasteiger partial charge is 0.275 e. The van der Waals surface area contributed by atoms with Crippen LogP contribution in [-0.4, -0.2) is 21.6 Å². The smallest absolute Gasteiger partial charge is 0.199 e. The number of hydrogen-bond donors (Lipinski definition) is 0. The monoisotopic (exact) mass is 410 g/mol. The minimum Gasteiger partial charge on any atom is -0.199 e. The van der Waals surface area contributed by atoms with Crippen LogP contribution in [0.3, 0.4) is 0 Å². The molecule has 1 aliphatic rings. The lowest BCUT2D eigenvalue weighted by Crippen LogP contribution is -2.36. The highest BCUT2D eigenvalue weighted by atomic mass is 79.9. The maximum absolute atomic E-state index is 14.6. The number of nitrogens with zero attached hydrogens (tertiary/aromatic N) is 2. The van der Waals surface area contributed by atoms with E-state index in [4.69, 9.17) is 0 Å². The molecule has 1 unspecified atom stereocenters. The summed E-state index contributed by atoms with van der Waals surface area (Å²) in [5.41, 5.74) is 1.70. The fourth-order valence-electron chi connectivity index (χ4n) is 2.98. The zero-order valence-corrected chi connectivity index (χ0v) is 15.7. The normalized spacial score (nSPS) is 18.9. The number of hydrogen-bond acceptors (Lipinski definition) is 2. The van der Waals surface area contributed by atoms with Gasteiger partial charge >= 0.3 is 0 Å². The lowest BCUT2D eigenvalue weighted by molar-refractivity contribution is 0.273. The summed E-state index contributed by atoms with van der Waals surface area (Å²) in [6.07, 6.45) is 2.67. The Labute approximate surface area is 151 Å². The number of benzene rings is 2. The van der Waals surface area contributed by atoms with Crippen molar-refractivity contribution in [1.82, 2.24) is 4.31 Å². The molecule has 0 bridgehead atoms. The van der Waals surface area contributed by atoms with Crippen molar-refractivity contribution < 1.29 is 8.09 Å². The van der Waals surface area contributed by atoms with Crippen molar-refractivity contribution in [3.63, 3.8) is 0 Å². The molecule has 1 heterocycles. The van der Waals surface area contributed by atoms with E-state index in [2.05, 4.69) is 32.4 Å². The zero-order chi connectivity index (χ0) is 17.0. The van der Waals surface area contributed by atoms with Crippen LogP contribution in [0.2, 0.25) is 0 Å². The first-order chi connectivity index (χ1) is 11.5. The summed E-state index contributed by atoms with van der Waals surface area (Å²) in [5, 5.41) is 0. The molecular formula is C18H20BrFN2OS. The number of halogens is 2. The minimum atomic E-state index is -3.85. The Morgan fingerprint density at radius 3 is 2.33 bits per heavy atom. The summed E-state index contributed by atoms with van der Waals surface area (Å²) >= 11 is 3.32. The molecule has 3 rings (SSSR count).